The van der Waals surface area contributed by atoms with E-state index in [1.54, 1.807) is 12.1 Å². The first-order chi connectivity index (χ1) is 16.7. The van der Waals surface area contributed by atoms with Crippen LogP contribution in [0.4, 0.5) is 10.1 Å². The van der Waals surface area contributed by atoms with Crippen LogP contribution in [0.15, 0.2) is 78.0 Å². The maximum Gasteiger partial charge on any atom is 0.308 e. The number of carbonyl (C=O) groups excluding carboxylic acids is 2. The largest absolute Gasteiger partial charge is 0.462 e. The Morgan fingerprint density at radius 1 is 1.20 bits per heavy atom. The number of aliphatic hydroxyl groups excluding tert-OH is 1. The summed E-state index contributed by atoms with van der Waals surface area (Å²) < 4.78 is 19.2. The Balaban J connectivity index is 1.68. The summed E-state index contributed by atoms with van der Waals surface area (Å²) in [6.45, 7) is 8.81. The van der Waals surface area contributed by atoms with Gasteiger partial charge >= 0.3 is 5.97 Å². The average molecular weight is 479 g/mol. The second kappa shape index (κ2) is 10.4. The zero-order valence-electron chi connectivity index (χ0n) is 20.0. The van der Waals surface area contributed by atoms with Gasteiger partial charge in [-0.2, -0.15) is 0 Å². The molecule has 1 fully saturated rings. The molecule has 0 spiro atoms. The van der Waals surface area contributed by atoms with Crippen molar-refractivity contribution < 1.29 is 23.8 Å². The molecule has 1 saturated heterocycles. The number of anilines is 1. The Bertz CT molecular complexity index is 1130. The summed E-state index contributed by atoms with van der Waals surface area (Å²) in [6.07, 6.45) is -0.253. The van der Waals surface area contributed by atoms with Gasteiger partial charge in [-0.15, -0.1) is 0 Å². The molecule has 1 amide bonds. The maximum absolute atomic E-state index is 13.7. The van der Waals surface area contributed by atoms with E-state index in [9.17, 15) is 19.1 Å². The molecular formula is C28H31FN2O4. The van der Waals surface area contributed by atoms with Crippen LogP contribution in [0.25, 0.3) is 0 Å². The van der Waals surface area contributed by atoms with Gasteiger partial charge in [-0.1, -0.05) is 50.8 Å². The van der Waals surface area contributed by atoms with Crippen LogP contribution in [-0.2, 0) is 14.3 Å². The first-order valence-corrected chi connectivity index (χ1v) is 11.9. The molecule has 0 bridgehead atoms. The van der Waals surface area contributed by atoms with E-state index < -0.39 is 18.2 Å². The Morgan fingerprint density at radius 3 is 2.51 bits per heavy atom. The Hall–Kier alpha value is -3.45. The van der Waals surface area contributed by atoms with Crippen molar-refractivity contribution in [3.63, 3.8) is 0 Å². The van der Waals surface area contributed by atoms with Crippen LogP contribution in [0, 0.1) is 11.7 Å². The lowest BCUT2D eigenvalue weighted by atomic mass is 9.95. The molecule has 2 aromatic carbocycles. The molecule has 2 aliphatic rings. The SMILES string of the molecule is C=C1C(C(=O)Nc2ccccc2)=C(C(C)C)N(CCC2CC(O)CC(=O)O2)C1c1ccc(F)cc1. The van der Waals surface area contributed by atoms with E-state index in [4.69, 9.17) is 4.74 Å². The van der Waals surface area contributed by atoms with Gasteiger partial charge in [0, 0.05) is 30.8 Å². The lowest BCUT2D eigenvalue weighted by molar-refractivity contribution is -0.160. The molecule has 0 saturated carbocycles. The summed E-state index contributed by atoms with van der Waals surface area (Å²) in [5.74, 6) is -1.00. The fourth-order valence-corrected chi connectivity index (χ4v) is 4.97. The normalized spacial score (nSPS) is 22.5. The second-order valence-electron chi connectivity index (χ2n) is 9.40. The molecule has 2 N–H and O–H groups in total. The summed E-state index contributed by atoms with van der Waals surface area (Å²) in [6, 6.07) is 15.1. The molecule has 2 heterocycles. The van der Waals surface area contributed by atoms with Gasteiger partial charge in [-0.05, 0) is 41.3 Å². The number of para-hydroxylation sites is 1. The molecule has 35 heavy (non-hydrogen) atoms. The summed E-state index contributed by atoms with van der Waals surface area (Å²) in [7, 11) is 0. The topological polar surface area (TPSA) is 78.9 Å². The third kappa shape index (κ3) is 5.46. The van der Waals surface area contributed by atoms with E-state index in [2.05, 4.69) is 16.8 Å². The van der Waals surface area contributed by atoms with Crippen molar-refractivity contribution in [2.24, 2.45) is 5.92 Å². The number of hydrogen-bond acceptors (Lipinski definition) is 5. The monoisotopic (exact) mass is 478 g/mol. The predicted molar refractivity (Wildman–Crippen MR) is 132 cm³/mol. The van der Waals surface area contributed by atoms with Gasteiger partial charge in [0.05, 0.1) is 24.1 Å². The molecule has 3 atom stereocenters. The third-order valence-corrected chi connectivity index (χ3v) is 6.45. The zero-order chi connectivity index (χ0) is 25.1. The number of halogens is 1. The number of esters is 1. The van der Waals surface area contributed by atoms with Crippen LogP contribution in [0.2, 0.25) is 0 Å². The van der Waals surface area contributed by atoms with Crippen LogP contribution in [0.5, 0.6) is 0 Å². The minimum atomic E-state index is -0.713. The van der Waals surface area contributed by atoms with Crippen LogP contribution in [0.1, 0.15) is 44.7 Å². The lowest BCUT2D eigenvalue weighted by Crippen LogP contribution is -2.36. The molecule has 4 rings (SSSR count). The number of nitrogens with zero attached hydrogens (tertiary/aromatic N) is 1. The van der Waals surface area contributed by atoms with Crippen molar-refractivity contribution in [2.45, 2.75) is 51.4 Å². The van der Waals surface area contributed by atoms with Gasteiger partial charge in [-0.25, -0.2) is 4.39 Å². The fourth-order valence-electron chi connectivity index (χ4n) is 4.97. The highest BCUT2D eigenvalue weighted by atomic mass is 19.1. The maximum atomic E-state index is 13.7. The van der Waals surface area contributed by atoms with Crippen LogP contribution >= 0.6 is 0 Å². The van der Waals surface area contributed by atoms with E-state index in [0.717, 1.165) is 11.3 Å². The molecule has 0 radical (unpaired) electrons. The number of ether oxygens (including phenoxy) is 1. The highest BCUT2D eigenvalue weighted by Gasteiger charge is 2.40. The zero-order valence-corrected chi connectivity index (χ0v) is 20.0. The first kappa shape index (κ1) is 24.7. The van der Waals surface area contributed by atoms with E-state index in [1.807, 2.05) is 44.2 Å². The summed E-state index contributed by atoms with van der Waals surface area (Å²) in [5, 5.41) is 13.0. The third-order valence-electron chi connectivity index (χ3n) is 6.45. The van der Waals surface area contributed by atoms with Gasteiger partial charge in [0.1, 0.15) is 11.9 Å². The molecule has 0 aromatic heterocycles. The summed E-state index contributed by atoms with van der Waals surface area (Å²) >= 11 is 0. The molecule has 0 aliphatic carbocycles. The number of benzene rings is 2. The van der Waals surface area contributed by atoms with Gasteiger partial charge in [0.2, 0.25) is 0 Å². The van der Waals surface area contributed by atoms with Crippen molar-refractivity contribution in [2.75, 3.05) is 11.9 Å². The van der Waals surface area contributed by atoms with Gasteiger partial charge in [-0.3, -0.25) is 9.59 Å². The number of rotatable bonds is 7. The van der Waals surface area contributed by atoms with Crippen molar-refractivity contribution in [1.29, 1.82) is 0 Å². The second-order valence-corrected chi connectivity index (χ2v) is 9.40. The Labute approximate surface area is 205 Å². The molecule has 2 aliphatic heterocycles. The van der Waals surface area contributed by atoms with Gasteiger partial charge in [0.25, 0.3) is 5.91 Å². The minimum absolute atomic E-state index is 0.00628. The molecule has 2 aromatic rings. The predicted octanol–water partition coefficient (Wildman–Crippen LogP) is 4.74. The molecule has 6 nitrogen and oxygen atoms in total. The number of hydrogen-bond donors (Lipinski definition) is 2. The van der Waals surface area contributed by atoms with Crippen LogP contribution in [-0.4, -0.2) is 40.6 Å². The Morgan fingerprint density at radius 2 is 1.89 bits per heavy atom. The summed E-state index contributed by atoms with van der Waals surface area (Å²) in [4.78, 5) is 27.4. The standard InChI is InChI=1S/C28H31FN2O4/c1-17(2)26-25(28(34)30-21-7-5-4-6-8-21)18(3)27(19-9-11-20(29)12-10-19)31(26)14-13-23-15-22(32)16-24(33)35-23/h4-12,17,22-23,27,32H,3,13-16H2,1-2H3,(H,30,34). The molecular weight excluding hydrogens is 447 g/mol. The number of cyclic esters (lactones) is 1. The fraction of sp³-hybridized carbons (Fsp3) is 0.357. The highest BCUT2D eigenvalue weighted by Crippen LogP contribution is 2.46. The molecule has 184 valence electrons. The summed E-state index contributed by atoms with van der Waals surface area (Å²) in [5.41, 5.74) is 3.48. The van der Waals surface area contributed by atoms with Gasteiger partial charge in [0.15, 0.2) is 0 Å². The van der Waals surface area contributed by atoms with Crippen molar-refractivity contribution in [3.05, 3.63) is 89.4 Å². The van der Waals surface area contributed by atoms with Crippen LogP contribution in [0.3, 0.4) is 0 Å². The van der Waals surface area contributed by atoms with Crippen LogP contribution < -0.4 is 5.32 Å². The number of carbonyl (C=O) groups is 2. The average Bonchev–Trinajstić information content (AvgIpc) is 3.10. The van der Waals surface area contributed by atoms with E-state index in [-0.39, 0.29) is 30.1 Å². The molecule has 3 unspecified atom stereocenters. The molecule has 7 heteroatoms. The lowest BCUT2D eigenvalue weighted by Gasteiger charge is -2.34. The number of nitrogens with one attached hydrogen (secondary N) is 1. The highest BCUT2D eigenvalue weighted by molar-refractivity contribution is 6.08. The quantitative estimate of drug-likeness (QED) is 0.562. The number of aliphatic hydroxyl groups is 1. The van der Waals surface area contributed by atoms with Gasteiger partial charge < -0.3 is 20.1 Å². The van der Waals surface area contributed by atoms with Crippen molar-refractivity contribution in [3.8, 4) is 0 Å². The minimum Gasteiger partial charge on any atom is -0.462 e. The van der Waals surface area contributed by atoms with E-state index in [0.29, 0.717) is 36.2 Å². The van der Waals surface area contributed by atoms with Crippen molar-refractivity contribution >= 4 is 17.6 Å². The van der Waals surface area contributed by atoms with E-state index in [1.165, 1.54) is 12.1 Å². The van der Waals surface area contributed by atoms with E-state index >= 15 is 0 Å². The van der Waals surface area contributed by atoms with Crippen molar-refractivity contribution in [1.82, 2.24) is 4.90 Å². The number of allylic oxidation sites excluding steroid dienone is 1. The Kier molecular flexibility index (Phi) is 7.36. The number of amides is 1. The smallest absolute Gasteiger partial charge is 0.308 e. The first-order valence-electron chi connectivity index (χ1n) is 11.9.